The maximum Gasteiger partial charge on any atom is 0.337 e. The van der Waals surface area contributed by atoms with E-state index >= 15 is 0 Å². The van der Waals surface area contributed by atoms with Gasteiger partial charge in [0.25, 0.3) is 5.91 Å². The lowest BCUT2D eigenvalue weighted by molar-refractivity contribution is 0.0692. The molecule has 5 heteroatoms. The molecule has 106 valence electrons. The van der Waals surface area contributed by atoms with E-state index in [1.807, 2.05) is 0 Å². The number of carbonyl (C=O) groups is 2. The van der Waals surface area contributed by atoms with Crippen molar-refractivity contribution in [2.45, 2.75) is 39.5 Å². The summed E-state index contributed by atoms with van der Waals surface area (Å²) in [7, 11) is 0. The highest BCUT2D eigenvalue weighted by atomic mass is 32.1. The van der Waals surface area contributed by atoms with Crippen LogP contribution in [0.3, 0.4) is 0 Å². The van der Waals surface area contributed by atoms with Crippen molar-refractivity contribution in [3.8, 4) is 0 Å². The van der Waals surface area contributed by atoms with Crippen molar-refractivity contribution in [2.24, 2.45) is 5.92 Å². The van der Waals surface area contributed by atoms with Gasteiger partial charge >= 0.3 is 5.97 Å². The largest absolute Gasteiger partial charge is 0.478 e. The molecule has 0 aliphatic rings. The van der Waals surface area contributed by atoms with Gasteiger partial charge in [-0.3, -0.25) is 4.79 Å². The summed E-state index contributed by atoms with van der Waals surface area (Å²) in [6.45, 7) is 4.88. The van der Waals surface area contributed by atoms with Crippen molar-refractivity contribution < 1.29 is 14.7 Å². The number of carboxylic acid groups (broad SMARTS) is 1. The Morgan fingerprint density at radius 2 is 2.16 bits per heavy atom. The zero-order valence-electron chi connectivity index (χ0n) is 11.4. The molecule has 0 aliphatic carbocycles. The van der Waals surface area contributed by atoms with Gasteiger partial charge < -0.3 is 10.4 Å². The minimum Gasteiger partial charge on any atom is -0.478 e. The van der Waals surface area contributed by atoms with Crippen molar-refractivity contribution in [2.75, 3.05) is 6.54 Å². The van der Waals surface area contributed by atoms with E-state index in [0.29, 0.717) is 12.5 Å². The molecule has 19 heavy (non-hydrogen) atoms. The average Bonchev–Trinajstić information content (AvgIpc) is 2.88. The second-order valence-electron chi connectivity index (χ2n) is 4.60. The first kappa shape index (κ1) is 15.7. The second-order valence-corrected chi connectivity index (χ2v) is 5.51. The maximum absolute atomic E-state index is 12.0. The zero-order chi connectivity index (χ0) is 14.3. The van der Waals surface area contributed by atoms with Gasteiger partial charge in [-0.05, 0) is 23.8 Å². The minimum atomic E-state index is -1.05. The van der Waals surface area contributed by atoms with Gasteiger partial charge in [0, 0.05) is 6.54 Å². The number of carbonyl (C=O) groups excluding carboxylic acids is 1. The molecule has 0 saturated heterocycles. The molecule has 0 radical (unpaired) electrons. The molecule has 2 N–H and O–H groups in total. The van der Waals surface area contributed by atoms with Crippen molar-refractivity contribution >= 4 is 23.2 Å². The first-order chi connectivity index (χ1) is 9.10. The lowest BCUT2D eigenvalue weighted by Crippen LogP contribution is -2.29. The van der Waals surface area contributed by atoms with Gasteiger partial charge in [-0.1, -0.05) is 33.1 Å². The Labute approximate surface area is 117 Å². The van der Waals surface area contributed by atoms with E-state index in [4.69, 9.17) is 5.11 Å². The maximum atomic E-state index is 12.0. The number of carboxylic acids is 1. The number of aromatic carboxylic acids is 1. The third kappa shape index (κ3) is 4.67. The second kappa shape index (κ2) is 7.94. The summed E-state index contributed by atoms with van der Waals surface area (Å²) >= 11 is 1.17. The van der Waals surface area contributed by atoms with Crippen molar-refractivity contribution in [1.29, 1.82) is 0 Å². The summed E-state index contributed by atoms with van der Waals surface area (Å²) < 4.78 is 0. The van der Waals surface area contributed by atoms with E-state index in [2.05, 4.69) is 19.2 Å². The molecule has 1 unspecified atom stereocenters. The molecule has 0 spiro atoms. The Kier molecular flexibility index (Phi) is 6.56. The predicted octanol–water partition coefficient (Wildman–Crippen LogP) is 3.39. The Hall–Kier alpha value is -1.36. The number of thiophene rings is 1. The van der Waals surface area contributed by atoms with Crippen LogP contribution in [0, 0.1) is 5.92 Å². The fourth-order valence-corrected chi connectivity index (χ4v) is 2.72. The SMILES string of the molecule is CCCCC(CC)CNC(=O)c1sccc1C(=O)O. The van der Waals surface area contributed by atoms with Crippen LogP contribution in [0.2, 0.25) is 0 Å². The van der Waals surface area contributed by atoms with E-state index in [1.165, 1.54) is 17.4 Å². The van der Waals surface area contributed by atoms with Gasteiger partial charge in [0.2, 0.25) is 0 Å². The number of hydrogen-bond acceptors (Lipinski definition) is 3. The van der Waals surface area contributed by atoms with Crippen LogP contribution in [0.15, 0.2) is 11.4 Å². The molecular formula is C14H21NO3S. The Morgan fingerprint density at radius 3 is 2.74 bits per heavy atom. The zero-order valence-corrected chi connectivity index (χ0v) is 12.3. The monoisotopic (exact) mass is 283 g/mol. The normalized spacial score (nSPS) is 12.1. The highest BCUT2D eigenvalue weighted by molar-refractivity contribution is 7.12. The van der Waals surface area contributed by atoms with Crippen LogP contribution in [-0.2, 0) is 0 Å². The Morgan fingerprint density at radius 1 is 1.42 bits per heavy atom. The number of hydrogen-bond donors (Lipinski definition) is 2. The molecule has 0 aromatic carbocycles. The van der Waals surface area contributed by atoms with Gasteiger partial charge in [-0.25, -0.2) is 4.79 Å². The standard InChI is InChI=1S/C14H21NO3S/c1-3-5-6-10(4-2)9-15-13(16)12-11(14(17)18)7-8-19-12/h7-8,10H,3-6,9H2,1-2H3,(H,15,16)(H,17,18). The summed E-state index contributed by atoms with van der Waals surface area (Å²) in [5.74, 6) is -0.857. The smallest absolute Gasteiger partial charge is 0.337 e. The van der Waals surface area contributed by atoms with E-state index in [0.717, 1.165) is 25.7 Å². The van der Waals surface area contributed by atoms with Gasteiger partial charge in [-0.15, -0.1) is 11.3 Å². The molecule has 1 rings (SSSR count). The minimum absolute atomic E-state index is 0.0871. The van der Waals surface area contributed by atoms with E-state index < -0.39 is 5.97 Å². The number of amides is 1. The molecule has 0 bridgehead atoms. The fraction of sp³-hybridized carbons (Fsp3) is 0.571. The first-order valence-electron chi connectivity index (χ1n) is 6.69. The van der Waals surface area contributed by atoms with Gasteiger partial charge in [0.05, 0.1) is 5.56 Å². The molecule has 0 aliphatic heterocycles. The van der Waals surface area contributed by atoms with E-state index in [1.54, 1.807) is 5.38 Å². The molecule has 4 nitrogen and oxygen atoms in total. The van der Waals surface area contributed by atoms with Crippen LogP contribution in [0.4, 0.5) is 0 Å². The van der Waals surface area contributed by atoms with Crippen LogP contribution in [-0.4, -0.2) is 23.5 Å². The van der Waals surface area contributed by atoms with Crippen LogP contribution in [0.1, 0.15) is 59.6 Å². The van der Waals surface area contributed by atoms with E-state index in [-0.39, 0.29) is 16.3 Å². The predicted molar refractivity (Wildman–Crippen MR) is 76.9 cm³/mol. The average molecular weight is 283 g/mol. The van der Waals surface area contributed by atoms with Crippen molar-refractivity contribution in [1.82, 2.24) is 5.32 Å². The quantitative estimate of drug-likeness (QED) is 0.768. The van der Waals surface area contributed by atoms with Crippen LogP contribution >= 0.6 is 11.3 Å². The molecule has 1 aromatic rings. The molecular weight excluding hydrogens is 262 g/mol. The van der Waals surface area contributed by atoms with Crippen LogP contribution in [0.25, 0.3) is 0 Å². The van der Waals surface area contributed by atoms with Crippen LogP contribution < -0.4 is 5.32 Å². The van der Waals surface area contributed by atoms with Crippen LogP contribution in [0.5, 0.6) is 0 Å². The Bertz CT molecular complexity index is 428. The lowest BCUT2D eigenvalue weighted by atomic mass is 9.99. The van der Waals surface area contributed by atoms with Gasteiger partial charge in [0.15, 0.2) is 0 Å². The highest BCUT2D eigenvalue weighted by Crippen LogP contribution is 2.17. The summed E-state index contributed by atoms with van der Waals surface area (Å²) in [5, 5.41) is 13.4. The number of rotatable bonds is 8. The van der Waals surface area contributed by atoms with Crippen molar-refractivity contribution in [3.05, 3.63) is 21.9 Å². The number of nitrogens with one attached hydrogen (secondary N) is 1. The number of unbranched alkanes of at least 4 members (excludes halogenated alkanes) is 1. The fourth-order valence-electron chi connectivity index (χ4n) is 1.91. The first-order valence-corrected chi connectivity index (χ1v) is 7.57. The summed E-state index contributed by atoms with van der Waals surface area (Å²) in [4.78, 5) is 23.2. The summed E-state index contributed by atoms with van der Waals surface area (Å²) in [5.41, 5.74) is 0.0871. The molecule has 1 amide bonds. The highest BCUT2D eigenvalue weighted by Gasteiger charge is 2.18. The summed E-state index contributed by atoms with van der Waals surface area (Å²) in [6.07, 6.45) is 4.44. The Balaban J connectivity index is 2.54. The molecule has 0 fully saturated rings. The third-order valence-electron chi connectivity index (χ3n) is 3.20. The van der Waals surface area contributed by atoms with Crippen molar-refractivity contribution in [3.63, 3.8) is 0 Å². The van der Waals surface area contributed by atoms with Gasteiger partial charge in [0.1, 0.15) is 4.88 Å². The topological polar surface area (TPSA) is 66.4 Å². The third-order valence-corrected chi connectivity index (χ3v) is 4.11. The van der Waals surface area contributed by atoms with Gasteiger partial charge in [-0.2, -0.15) is 0 Å². The molecule has 1 atom stereocenters. The lowest BCUT2D eigenvalue weighted by Gasteiger charge is -2.15. The molecule has 0 saturated carbocycles. The van der Waals surface area contributed by atoms with E-state index in [9.17, 15) is 9.59 Å². The molecule has 1 heterocycles. The summed E-state index contributed by atoms with van der Waals surface area (Å²) in [6, 6.07) is 1.47. The molecule has 1 aromatic heterocycles.